The minimum atomic E-state index is -0.246. The second-order valence-corrected chi connectivity index (χ2v) is 9.61. The van der Waals surface area contributed by atoms with E-state index >= 15 is 0 Å². The van der Waals surface area contributed by atoms with Crippen LogP contribution in [-0.2, 0) is 11.3 Å². The van der Waals surface area contributed by atoms with Gasteiger partial charge in [0.25, 0.3) is 0 Å². The Morgan fingerprint density at radius 3 is 2.82 bits per heavy atom. The van der Waals surface area contributed by atoms with Crippen molar-refractivity contribution in [2.45, 2.75) is 37.3 Å². The molecule has 0 aliphatic carbocycles. The largest absolute Gasteiger partial charge is 0.497 e. The molecule has 6 nitrogen and oxygen atoms in total. The molecule has 0 radical (unpaired) electrons. The minimum absolute atomic E-state index is 0.164. The molecule has 1 spiro atoms. The fourth-order valence-electron chi connectivity index (χ4n) is 5.65. The van der Waals surface area contributed by atoms with E-state index in [-0.39, 0.29) is 17.4 Å². The number of nitrogens with one attached hydrogen (secondary N) is 1. The number of carbonyl (C=O) groups excluding carboxylic acids is 1. The van der Waals surface area contributed by atoms with Crippen molar-refractivity contribution >= 4 is 22.6 Å². The summed E-state index contributed by atoms with van der Waals surface area (Å²) in [6, 6.07) is 18.9. The maximum Gasteiger partial charge on any atom is 0.220 e. The third-order valence-electron chi connectivity index (χ3n) is 7.12. The number of fused-ring (bicyclic) bond motifs is 1. The highest BCUT2D eigenvalue weighted by Gasteiger charge is 2.49. The molecule has 1 N–H and O–H groups in total. The lowest BCUT2D eigenvalue weighted by Gasteiger charge is -2.39. The second kappa shape index (κ2) is 8.67. The number of aromatic nitrogens is 1. The van der Waals surface area contributed by atoms with Gasteiger partial charge in [-0.2, -0.15) is 0 Å². The first-order valence-electron chi connectivity index (χ1n) is 11.7. The molecular formula is C27H32N4O2. The number of methoxy groups -OCH3 is 1. The van der Waals surface area contributed by atoms with Gasteiger partial charge >= 0.3 is 0 Å². The van der Waals surface area contributed by atoms with Crippen molar-refractivity contribution in [3.8, 4) is 5.75 Å². The average molecular weight is 445 g/mol. The Kier molecular flexibility index (Phi) is 5.71. The lowest BCUT2D eigenvalue weighted by Crippen LogP contribution is -2.56. The Morgan fingerprint density at radius 2 is 2.03 bits per heavy atom. The van der Waals surface area contributed by atoms with E-state index in [4.69, 9.17) is 9.72 Å². The highest BCUT2D eigenvalue weighted by atomic mass is 16.5. The number of benzene rings is 2. The number of amides is 1. The van der Waals surface area contributed by atoms with Crippen LogP contribution in [0.25, 0.3) is 10.9 Å². The Labute approximate surface area is 195 Å². The number of pyridine rings is 1. The number of carbonyl (C=O) groups is 1. The van der Waals surface area contributed by atoms with Crippen molar-refractivity contribution in [2.24, 2.45) is 0 Å². The monoisotopic (exact) mass is 444 g/mol. The average Bonchev–Trinajstić information content (AvgIpc) is 3.14. The lowest BCUT2D eigenvalue weighted by molar-refractivity contribution is -0.125. The number of likely N-dealkylation sites (tertiary alicyclic amines) is 1. The van der Waals surface area contributed by atoms with Crippen LogP contribution in [0.4, 0.5) is 5.82 Å². The maximum absolute atomic E-state index is 12.5. The van der Waals surface area contributed by atoms with E-state index < -0.39 is 0 Å². The Bertz CT molecular complexity index is 1180. The quantitative estimate of drug-likeness (QED) is 0.646. The van der Waals surface area contributed by atoms with Crippen LogP contribution in [0.1, 0.15) is 36.3 Å². The molecule has 2 saturated heterocycles. The van der Waals surface area contributed by atoms with Gasteiger partial charge < -0.3 is 15.0 Å². The standard InChI is InChI=1S/C27H32N4O2/c1-30(2)26-21(14-20-8-4-5-11-24(20)28-26)16-31-17-23(19-9-6-10-22(15-19)33-3)27(18-31)13-7-12-25(32)29-27/h4-6,8-11,14-15,23H,7,12-13,16-18H2,1-3H3,(H,29,32)/t23-,27+/m0/s1. The van der Waals surface area contributed by atoms with Gasteiger partial charge in [-0.1, -0.05) is 30.3 Å². The zero-order chi connectivity index (χ0) is 23.0. The number of nitrogens with zero attached hydrogens (tertiary/aromatic N) is 3. The Morgan fingerprint density at radius 1 is 1.18 bits per heavy atom. The lowest BCUT2D eigenvalue weighted by atomic mass is 9.76. The van der Waals surface area contributed by atoms with Crippen LogP contribution in [0.5, 0.6) is 5.75 Å². The van der Waals surface area contributed by atoms with Gasteiger partial charge in [0.05, 0.1) is 18.2 Å². The van der Waals surface area contributed by atoms with Crippen LogP contribution in [0, 0.1) is 0 Å². The van der Waals surface area contributed by atoms with E-state index in [2.05, 4.69) is 51.5 Å². The second-order valence-electron chi connectivity index (χ2n) is 9.61. The van der Waals surface area contributed by atoms with Crippen molar-refractivity contribution in [3.63, 3.8) is 0 Å². The van der Waals surface area contributed by atoms with Crippen LogP contribution in [0.2, 0.25) is 0 Å². The summed E-state index contributed by atoms with van der Waals surface area (Å²) in [5.41, 5.74) is 3.20. The summed E-state index contributed by atoms with van der Waals surface area (Å²) in [7, 11) is 5.80. The summed E-state index contributed by atoms with van der Waals surface area (Å²) in [6.45, 7) is 2.51. The predicted octanol–water partition coefficient (Wildman–Crippen LogP) is 3.95. The van der Waals surface area contributed by atoms with Gasteiger partial charge in [0, 0.05) is 57.0 Å². The van der Waals surface area contributed by atoms with Gasteiger partial charge in [0.1, 0.15) is 11.6 Å². The van der Waals surface area contributed by atoms with Crippen molar-refractivity contribution in [1.82, 2.24) is 15.2 Å². The molecule has 6 heteroatoms. The molecule has 1 amide bonds. The smallest absolute Gasteiger partial charge is 0.220 e. The van der Waals surface area contributed by atoms with Gasteiger partial charge in [-0.25, -0.2) is 4.98 Å². The predicted molar refractivity (Wildman–Crippen MR) is 132 cm³/mol. The molecule has 0 unspecified atom stereocenters. The zero-order valence-corrected chi connectivity index (χ0v) is 19.7. The van der Waals surface area contributed by atoms with E-state index in [1.165, 1.54) is 11.1 Å². The van der Waals surface area contributed by atoms with Crippen molar-refractivity contribution in [1.29, 1.82) is 0 Å². The number of hydrogen-bond donors (Lipinski definition) is 1. The van der Waals surface area contributed by atoms with Crippen LogP contribution in [0.15, 0.2) is 54.6 Å². The molecule has 2 aliphatic rings. The molecule has 2 aliphatic heterocycles. The highest BCUT2D eigenvalue weighted by Crippen LogP contribution is 2.43. The number of rotatable bonds is 5. The summed E-state index contributed by atoms with van der Waals surface area (Å²) < 4.78 is 5.50. The first-order valence-corrected chi connectivity index (χ1v) is 11.7. The van der Waals surface area contributed by atoms with Gasteiger partial charge in [-0.3, -0.25) is 9.69 Å². The number of hydrogen-bond acceptors (Lipinski definition) is 5. The maximum atomic E-state index is 12.5. The fourth-order valence-corrected chi connectivity index (χ4v) is 5.65. The SMILES string of the molecule is COc1cccc([C@@H]2CN(Cc3cc4ccccc4nc3N(C)C)C[C@]23CCCC(=O)N3)c1. The first kappa shape index (κ1) is 21.7. The molecule has 2 fully saturated rings. The van der Waals surface area contributed by atoms with E-state index in [9.17, 15) is 4.79 Å². The van der Waals surface area contributed by atoms with E-state index in [0.29, 0.717) is 6.42 Å². The molecule has 2 aromatic carbocycles. The molecular weight excluding hydrogens is 412 g/mol. The third-order valence-corrected chi connectivity index (χ3v) is 7.12. The first-order chi connectivity index (χ1) is 16.0. The van der Waals surface area contributed by atoms with Gasteiger partial charge in [0.15, 0.2) is 0 Å². The molecule has 172 valence electrons. The molecule has 3 aromatic rings. The Hall–Kier alpha value is -3.12. The molecule has 33 heavy (non-hydrogen) atoms. The topological polar surface area (TPSA) is 57.7 Å². The number of piperidine rings is 1. The summed E-state index contributed by atoms with van der Waals surface area (Å²) in [6.07, 6.45) is 2.54. The highest BCUT2D eigenvalue weighted by molar-refractivity contribution is 5.82. The molecule has 3 heterocycles. The number of ether oxygens (including phenoxy) is 1. The number of anilines is 1. The zero-order valence-electron chi connectivity index (χ0n) is 19.7. The number of para-hydroxylation sites is 1. The normalized spacial score (nSPS) is 23.1. The molecule has 0 saturated carbocycles. The van der Waals surface area contributed by atoms with Crippen molar-refractivity contribution in [2.75, 3.05) is 39.2 Å². The summed E-state index contributed by atoms with van der Waals surface area (Å²) in [5.74, 6) is 2.24. The van der Waals surface area contributed by atoms with E-state index in [1.807, 2.05) is 32.3 Å². The van der Waals surface area contributed by atoms with Gasteiger partial charge in [-0.15, -0.1) is 0 Å². The summed E-state index contributed by atoms with van der Waals surface area (Å²) in [4.78, 5) is 22.0. The van der Waals surface area contributed by atoms with Crippen LogP contribution < -0.4 is 15.0 Å². The summed E-state index contributed by atoms with van der Waals surface area (Å²) in [5, 5.41) is 4.57. The van der Waals surface area contributed by atoms with Crippen molar-refractivity contribution in [3.05, 3.63) is 65.7 Å². The third kappa shape index (κ3) is 4.15. The molecule has 2 atom stereocenters. The molecule has 0 bridgehead atoms. The van der Waals surface area contributed by atoms with Crippen LogP contribution in [0.3, 0.4) is 0 Å². The van der Waals surface area contributed by atoms with Crippen LogP contribution in [-0.4, -0.2) is 55.6 Å². The van der Waals surface area contributed by atoms with Gasteiger partial charge in [0.2, 0.25) is 5.91 Å². The van der Waals surface area contributed by atoms with E-state index in [0.717, 1.165) is 54.9 Å². The Balaban J connectivity index is 1.50. The van der Waals surface area contributed by atoms with Crippen molar-refractivity contribution < 1.29 is 9.53 Å². The minimum Gasteiger partial charge on any atom is -0.497 e. The molecule has 5 rings (SSSR count). The molecule has 1 aromatic heterocycles. The van der Waals surface area contributed by atoms with E-state index in [1.54, 1.807) is 7.11 Å². The van der Waals surface area contributed by atoms with Gasteiger partial charge in [-0.05, 0) is 42.7 Å². The van der Waals surface area contributed by atoms with Crippen LogP contribution >= 0.6 is 0 Å². The fraction of sp³-hybridized carbons (Fsp3) is 0.407. The summed E-state index contributed by atoms with van der Waals surface area (Å²) >= 11 is 0.